The molecule has 6 nitrogen and oxygen atoms in total. The molecule has 3 heterocycles. The fourth-order valence-corrected chi connectivity index (χ4v) is 4.07. The minimum atomic E-state index is 0.134. The maximum Gasteiger partial charge on any atom is 0.265 e. The molecule has 1 aliphatic heterocycles. The lowest BCUT2D eigenvalue weighted by atomic mass is 10.3. The molecule has 24 heavy (non-hydrogen) atoms. The lowest BCUT2D eigenvalue weighted by Crippen LogP contribution is -2.35. The van der Waals surface area contributed by atoms with Crippen LogP contribution in [0.25, 0.3) is 0 Å². The van der Waals surface area contributed by atoms with Crippen LogP contribution in [0.3, 0.4) is 0 Å². The summed E-state index contributed by atoms with van der Waals surface area (Å²) in [5.74, 6) is 1.24. The molecule has 1 saturated heterocycles. The summed E-state index contributed by atoms with van der Waals surface area (Å²) in [4.78, 5) is 26.8. The van der Waals surface area contributed by atoms with Crippen LogP contribution >= 0.6 is 11.3 Å². The van der Waals surface area contributed by atoms with Crippen LogP contribution in [0.15, 0.2) is 12.4 Å². The van der Waals surface area contributed by atoms with Gasteiger partial charge >= 0.3 is 0 Å². The number of rotatable bonds is 4. The summed E-state index contributed by atoms with van der Waals surface area (Å²) in [7, 11) is 0. The van der Waals surface area contributed by atoms with Gasteiger partial charge in [-0.3, -0.25) is 9.69 Å². The Labute approximate surface area is 147 Å². The first kappa shape index (κ1) is 17.1. The number of amides is 1. The minimum Gasteiger partial charge on any atom is -0.337 e. The molecular weight excluding hydrogens is 322 g/mol. The van der Waals surface area contributed by atoms with Crippen molar-refractivity contribution in [1.29, 1.82) is 0 Å². The fraction of sp³-hybridized carbons (Fsp3) is 0.588. The molecular formula is C17H25N5OS. The maximum absolute atomic E-state index is 12.8. The van der Waals surface area contributed by atoms with Gasteiger partial charge in [0.05, 0.1) is 17.2 Å². The Morgan fingerprint density at radius 2 is 2.08 bits per heavy atom. The molecule has 1 aliphatic rings. The molecule has 0 radical (unpaired) electrons. The zero-order valence-electron chi connectivity index (χ0n) is 14.7. The van der Waals surface area contributed by atoms with Gasteiger partial charge in [-0.1, -0.05) is 0 Å². The van der Waals surface area contributed by atoms with Crippen LogP contribution < -0.4 is 0 Å². The van der Waals surface area contributed by atoms with E-state index in [9.17, 15) is 4.79 Å². The lowest BCUT2D eigenvalue weighted by Gasteiger charge is -2.21. The Morgan fingerprint density at radius 1 is 1.25 bits per heavy atom. The van der Waals surface area contributed by atoms with Gasteiger partial charge in [0.25, 0.3) is 5.91 Å². The van der Waals surface area contributed by atoms with Crippen LogP contribution in [0, 0.1) is 13.8 Å². The smallest absolute Gasteiger partial charge is 0.265 e. The molecule has 3 rings (SSSR count). The summed E-state index contributed by atoms with van der Waals surface area (Å²) in [6.07, 6.45) is 4.88. The molecule has 7 heteroatoms. The Balaban J connectivity index is 1.62. The van der Waals surface area contributed by atoms with Crippen LogP contribution in [0.5, 0.6) is 0 Å². The van der Waals surface area contributed by atoms with E-state index in [-0.39, 0.29) is 5.91 Å². The topological polar surface area (TPSA) is 54.3 Å². The number of nitrogens with zero attached hydrogens (tertiary/aromatic N) is 5. The van der Waals surface area contributed by atoms with Crippen molar-refractivity contribution in [3.05, 3.63) is 33.8 Å². The predicted octanol–water partition coefficient (Wildman–Crippen LogP) is 2.32. The molecule has 0 saturated carbocycles. The highest BCUT2D eigenvalue weighted by molar-refractivity contribution is 7.13. The molecule has 130 valence electrons. The van der Waals surface area contributed by atoms with Crippen molar-refractivity contribution in [2.75, 3.05) is 26.2 Å². The average molecular weight is 347 g/mol. The van der Waals surface area contributed by atoms with Crippen LogP contribution in [0.4, 0.5) is 0 Å². The number of thiazole rings is 1. The third kappa shape index (κ3) is 3.67. The molecule has 1 fully saturated rings. The summed E-state index contributed by atoms with van der Waals surface area (Å²) in [5, 5.41) is 0.957. The first-order valence-corrected chi connectivity index (χ1v) is 9.35. The number of carbonyl (C=O) groups is 1. The Bertz CT molecular complexity index is 708. The highest BCUT2D eigenvalue weighted by atomic mass is 32.1. The van der Waals surface area contributed by atoms with E-state index in [4.69, 9.17) is 0 Å². The highest BCUT2D eigenvalue weighted by Gasteiger charge is 2.24. The monoisotopic (exact) mass is 347 g/mol. The molecule has 2 aromatic rings. The van der Waals surface area contributed by atoms with Gasteiger partial charge < -0.3 is 9.47 Å². The summed E-state index contributed by atoms with van der Waals surface area (Å²) >= 11 is 1.50. The van der Waals surface area contributed by atoms with E-state index < -0.39 is 0 Å². The average Bonchev–Trinajstić information content (AvgIpc) is 3.06. The molecule has 0 spiro atoms. The van der Waals surface area contributed by atoms with Crippen LogP contribution in [0.2, 0.25) is 0 Å². The van der Waals surface area contributed by atoms with E-state index in [1.165, 1.54) is 11.3 Å². The van der Waals surface area contributed by atoms with Gasteiger partial charge in [-0.15, -0.1) is 11.3 Å². The molecule has 0 aliphatic carbocycles. The fourth-order valence-electron chi connectivity index (χ4n) is 3.19. The maximum atomic E-state index is 12.8. The van der Waals surface area contributed by atoms with E-state index in [0.29, 0.717) is 0 Å². The number of aryl methyl sites for hydroxylation is 3. The highest BCUT2D eigenvalue weighted by Crippen LogP contribution is 2.20. The van der Waals surface area contributed by atoms with Gasteiger partial charge in [0.15, 0.2) is 0 Å². The molecule has 2 aromatic heterocycles. The van der Waals surface area contributed by atoms with Crippen LogP contribution in [-0.2, 0) is 13.1 Å². The van der Waals surface area contributed by atoms with Crippen molar-refractivity contribution in [1.82, 2.24) is 24.3 Å². The van der Waals surface area contributed by atoms with Gasteiger partial charge in [0.2, 0.25) is 0 Å². The van der Waals surface area contributed by atoms with Crippen molar-refractivity contribution in [3.63, 3.8) is 0 Å². The minimum absolute atomic E-state index is 0.134. The third-order valence-corrected chi connectivity index (χ3v) is 5.54. The van der Waals surface area contributed by atoms with Crippen molar-refractivity contribution < 1.29 is 4.79 Å². The predicted molar refractivity (Wildman–Crippen MR) is 95.3 cm³/mol. The lowest BCUT2D eigenvalue weighted by molar-refractivity contribution is 0.0765. The number of imidazole rings is 1. The zero-order chi connectivity index (χ0) is 17.1. The molecule has 0 bridgehead atoms. The quantitative estimate of drug-likeness (QED) is 0.852. The zero-order valence-corrected chi connectivity index (χ0v) is 15.5. The number of carbonyl (C=O) groups excluding carboxylic acids is 1. The van der Waals surface area contributed by atoms with Gasteiger partial charge in [-0.2, -0.15) is 0 Å². The second-order valence-electron chi connectivity index (χ2n) is 6.20. The van der Waals surface area contributed by atoms with E-state index >= 15 is 0 Å². The summed E-state index contributed by atoms with van der Waals surface area (Å²) in [6, 6.07) is 0. The molecule has 0 aromatic carbocycles. The van der Waals surface area contributed by atoms with E-state index in [1.54, 1.807) is 0 Å². The van der Waals surface area contributed by atoms with Crippen molar-refractivity contribution in [2.24, 2.45) is 0 Å². The number of hydrogen-bond donors (Lipinski definition) is 0. The molecule has 0 atom stereocenters. The van der Waals surface area contributed by atoms with Gasteiger partial charge in [0.1, 0.15) is 10.7 Å². The summed E-state index contributed by atoms with van der Waals surface area (Å²) < 4.78 is 2.18. The number of hydrogen-bond acceptors (Lipinski definition) is 5. The Hall–Kier alpha value is -1.73. The standard InChI is InChI=1S/C17H25N5OS/c1-4-21-9-6-18-15(21)12-20-7-5-8-22(11-10-20)17(23)16-13(2)19-14(3)24-16/h6,9H,4-5,7-8,10-12H2,1-3H3. The van der Waals surface area contributed by atoms with Crippen LogP contribution in [-0.4, -0.2) is 56.4 Å². The second kappa shape index (κ2) is 7.44. The summed E-state index contributed by atoms with van der Waals surface area (Å²) in [6.45, 7) is 11.3. The van der Waals surface area contributed by atoms with Gasteiger partial charge in [-0.05, 0) is 27.2 Å². The van der Waals surface area contributed by atoms with Crippen LogP contribution in [0.1, 0.15) is 39.5 Å². The van der Waals surface area contributed by atoms with Crippen molar-refractivity contribution in [3.8, 4) is 0 Å². The van der Waals surface area contributed by atoms with Gasteiger partial charge in [0, 0.05) is 45.1 Å². The molecule has 0 N–H and O–H groups in total. The number of aromatic nitrogens is 3. The van der Waals surface area contributed by atoms with Crippen molar-refractivity contribution in [2.45, 2.75) is 40.3 Å². The first-order chi connectivity index (χ1) is 11.6. The van der Waals surface area contributed by atoms with E-state index in [0.717, 1.165) is 67.1 Å². The first-order valence-electron chi connectivity index (χ1n) is 8.54. The Morgan fingerprint density at radius 3 is 2.79 bits per heavy atom. The second-order valence-corrected chi connectivity index (χ2v) is 7.40. The summed E-state index contributed by atoms with van der Waals surface area (Å²) in [5.41, 5.74) is 0.855. The Kier molecular flexibility index (Phi) is 5.30. The molecule has 0 unspecified atom stereocenters. The van der Waals surface area contributed by atoms with Gasteiger partial charge in [-0.25, -0.2) is 9.97 Å². The van der Waals surface area contributed by atoms with E-state index in [2.05, 4.69) is 26.4 Å². The SMILES string of the molecule is CCn1ccnc1CN1CCCN(C(=O)c2sc(C)nc2C)CC1. The normalized spacial score (nSPS) is 16.4. The third-order valence-electron chi connectivity index (χ3n) is 4.48. The van der Waals surface area contributed by atoms with E-state index in [1.807, 2.05) is 31.1 Å². The van der Waals surface area contributed by atoms with Crippen molar-refractivity contribution >= 4 is 17.2 Å². The molecule has 1 amide bonds. The largest absolute Gasteiger partial charge is 0.337 e.